The molecule has 1 rings (SSSR count). The van der Waals surface area contributed by atoms with Crippen LogP contribution in [0.4, 0.5) is 0 Å². The third kappa shape index (κ3) is 3.23. The van der Waals surface area contributed by atoms with Crippen LogP contribution in [0.3, 0.4) is 0 Å². The first-order valence-electron chi connectivity index (χ1n) is 4.58. The Balaban J connectivity index is 2.15. The highest BCUT2D eigenvalue weighted by molar-refractivity contribution is 9.09. The highest BCUT2D eigenvalue weighted by Crippen LogP contribution is 2.20. The molecule has 0 aromatic carbocycles. The first-order chi connectivity index (χ1) is 5.86. The number of hydrogen-bond acceptors (Lipinski definition) is 2. The number of carbonyl (C=O) groups excluding carboxylic acids is 1. The Kier molecular flexibility index (Phi) is 4.84. The van der Waals surface area contributed by atoms with Crippen molar-refractivity contribution < 1.29 is 4.79 Å². The van der Waals surface area contributed by atoms with Crippen molar-refractivity contribution in [3.63, 3.8) is 0 Å². The number of rotatable bonds is 4. The maximum atomic E-state index is 10.2. The third-order valence-corrected chi connectivity index (χ3v) is 3.02. The second-order valence-corrected chi connectivity index (χ2v) is 4.18. The molecule has 0 aromatic heterocycles. The van der Waals surface area contributed by atoms with Gasteiger partial charge in [-0.15, -0.1) is 0 Å². The predicted octanol–water partition coefficient (Wildman–Crippen LogP) is 1.68. The molecular weight excluding hydrogens is 218 g/mol. The lowest BCUT2D eigenvalue weighted by Crippen LogP contribution is -2.34. The molecule has 1 fully saturated rings. The number of hydrogen-bond donors (Lipinski definition) is 0. The molecule has 0 unspecified atom stereocenters. The minimum absolute atomic E-state index is 0.626. The molecule has 1 aliphatic heterocycles. The van der Waals surface area contributed by atoms with E-state index in [4.69, 9.17) is 0 Å². The fourth-order valence-corrected chi connectivity index (χ4v) is 2.36. The van der Waals surface area contributed by atoms with E-state index in [0.717, 1.165) is 30.6 Å². The maximum absolute atomic E-state index is 10.2. The van der Waals surface area contributed by atoms with E-state index in [-0.39, 0.29) is 0 Å². The second kappa shape index (κ2) is 5.70. The van der Waals surface area contributed by atoms with Gasteiger partial charge in [0, 0.05) is 5.33 Å². The zero-order valence-electron chi connectivity index (χ0n) is 7.34. The molecule has 0 N–H and O–H groups in total. The van der Waals surface area contributed by atoms with Gasteiger partial charge in [0.25, 0.3) is 0 Å². The largest absolute Gasteiger partial charge is 0.302 e. The fraction of sp³-hybridized carbons (Fsp3) is 0.889. The van der Waals surface area contributed by atoms with Crippen molar-refractivity contribution in [2.24, 2.45) is 5.92 Å². The van der Waals surface area contributed by atoms with E-state index in [9.17, 15) is 4.79 Å². The van der Waals surface area contributed by atoms with E-state index in [1.165, 1.54) is 19.3 Å². The zero-order chi connectivity index (χ0) is 8.81. The molecular formula is C9H16BrNO. The van der Waals surface area contributed by atoms with E-state index in [0.29, 0.717) is 6.54 Å². The van der Waals surface area contributed by atoms with Gasteiger partial charge in [0.05, 0.1) is 6.54 Å². The summed E-state index contributed by atoms with van der Waals surface area (Å²) < 4.78 is 0. The topological polar surface area (TPSA) is 20.3 Å². The standard InChI is InChI=1S/C9H16BrNO/c10-4-1-9-2-5-11(6-3-9)7-8-12/h8-9H,1-7H2. The summed E-state index contributed by atoms with van der Waals surface area (Å²) in [5, 5.41) is 1.12. The van der Waals surface area contributed by atoms with Crippen LogP contribution in [0.1, 0.15) is 19.3 Å². The quantitative estimate of drug-likeness (QED) is 0.545. The maximum Gasteiger partial charge on any atom is 0.133 e. The Bertz CT molecular complexity index is 132. The van der Waals surface area contributed by atoms with Crippen molar-refractivity contribution in [2.45, 2.75) is 19.3 Å². The summed E-state index contributed by atoms with van der Waals surface area (Å²) in [6.45, 7) is 2.84. The molecule has 0 spiro atoms. The van der Waals surface area contributed by atoms with Crippen LogP contribution in [-0.2, 0) is 4.79 Å². The van der Waals surface area contributed by atoms with Gasteiger partial charge in [-0.2, -0.15) is 0 Å². The van der Waals surface area contributed by atoms with Crippen LogP contribution < -0.4 is 0 Å². The summed E-state index contributed by atoms with van der Waals surface area (Å²) in [5.74, 6) is 0.882. The van der Waals surface area contributed by atoms with Crippen LogP contribution >= 0.6 is 15.9 Å². The summed E-state index contributed by atoms with van der Waals surface area (Å²) in [6.07, 6.45) is 4.82. The SMILES string of the molecule is O=CCN1CCC(CCBr)CC1. The molecule has 0 aliphatic carbocycles. The van der Waals surface area contributed by atoms with Crippen molar-refractivity contribution in [3.05, 3.63) is 0 Å². The van der Waals surface area contributed by atoms with Gasteiger partial charge in [-0.3, -0.25) is 4.90 Å². The van der Waals surface area contributed by atoms with Crippen molar-refractivity contribution in [3.8, 4) is 0 Å². The van der Waals surface area contributed by atoms with Gasteiger partial charge >= 0.3 is 0 Å². The van der Waals surface area contributed by atoms with Crippen molar-refractivity contribution in [1.82, 2.24) is 4.90 Å². The van der Waals surface area contributed by atoms with Crippen molar-refractivity contribution >= 4 is 22.2 Å². The van der Waals surface area contributed by atoms with Gasteiger partial charge in [0.1, 0.15) is 6.29 Å². The molecule has 3 heteroatoms. The fourth-order valence-electron chi connectivity index (χ4n) is 1.72. The van der Waals surface area contributed by atoms with E-state index in [1.807, 2.05) is 0 Å². The van der Waals surface area contributed by atoms with Crippen LogP contribution in [0.15, 0.2) is 0 Å². The number of aldehydes is 1. The van der Waals surface area contributed by atoms with E-state index in [1.54, 1.807) is 0 Å². The summed E-state index contributed by atoms with van der Waals surface area (Å²) in [4.78, 5) is 12.5. The first-order valence-corrected chi connectivity index (χ1v) is 5.71. The van der Waals surface area contributed by atoms with Crippen LogP contribution in [-0.4, -0.2) is 36.2 Å². The van der Waals surface area contributed by atoms with Gasteiger partial charge in [0.2, 0.25) is 0 Å². The zero-order valence-corrected chi connectivity index (χ0v) is 8.92. The Morgan fingerprint density at radius 3 is 2.58 bits per heavy atom. The van der Waals surface area contributed by atoms with Gasteiger partial charge in [-0.1, -0.05) is 15.9 Å². The molecule has 0 aromatic rings. The molecule has 2 nitrogen and oxygen atoms in total. The number of halogens is 1. The van der Waals surface area contributed by atoms with Crippen LogP contribution in [0.2, 0.25) is 0 Å². The Labute approximate surface area is 82.4 Å². The van der Waals surface area contributed by atoms with Gasteiger partial charge in [-0.25, -0.2) is 0 Å². The Hall–Kier alpha value is 0.110. The smallest absolute Gasteiger partial charge is 0.133 e. The molecule has 1 heterocycles. The van der Waals surface area contributed by atoms with Crippen molar-refractivity contribution in [2.75, 3.05) is 25.0 Å². The molecule has 0 atom stereocenters. The predicted molar refractivity (Wildman–Crippen MR) is 53.6 cm³/mol. The number of likely N-dealkylation sites (tertiary alicyclic amines) is 1. The van der Waals surface area contributed by atoms with E-state index < -0.39 is 0 Å². The van der Waals surface area contributed by atoms with Crippen molar-refractivity contribution in [1.29, 1.82) is 0 Å². The lowest BCUT2D eigenvalue weighted by atomic mass is 9.94. The number of carbonyl (C=O) groups is 1. The summed E-state index contributed by atoms with van der Waals surface area (Å²) in [7, 11) is 0. The summed E-state index contributed by atoms with van der Waals surface area (Å²) in [6, 6.07) is 0. The normalized spacial score (nSPS) is 21.1. The molecule has 1 aliphatic rings. The van der Waals surface area contributed by atoms with Crippen LogP contribution in [0, 0.1) is 5.92 Å². The molecule has 0 amide bonds. The lowest BCUT2D eigenvalue weighted by Gasteiger charge is -2.30. The minimum atomic E-state index is 0.626. The lowest BCUT2D eigenvalue weighted by molar-refractivity contribution is -0.109. The molecule has 70 valence electrons. The van der Waals surface area contributed by atoms with Gasteiger partial charge in [0.15, 0.2) is 0 Å². The third-order valence-electron chi connectivity index (χ3n) is 2.56. The second-order valence-electron chi connectivity index (χ2n) is 3.39. The number of nitrogens with zero attached hydrogens (tertiary/aromatic N) is 1. The number of piperidine rings is 1. The van der Waals surface area contributed by atoms with Crippen LogP contribution in [0.25, 0.3) is 0 Å². The molecule has 12 heavy (non-hydrogen) atoms. The minimum Gasteiger partial charge on any atom is -0.302 e. The van der Waals surface area contributed by atoms with Crippen LogP contribution in [0.5, 0.6) is 0 Å². The molecule has 0 radical (unpaired) electrons. The monoisotopic (exact) mass is 233 g/mol. The van der Waals surface area contributed by atoms with Gasteiger partial charge < -0.3 is 4.79 Å². The van der Waals surface area contributed by atoms with Gasteiger partial charge in [-0.05, 0) is 38.3 Å². The summed E-state index contributed by atoms with van der Waals surface area (Å²) in [5.41, 5.74) is 0. The highest BCUT2D eigenvalue weighted by atomic mass is 79.9. The van der Waals surface area contributed by atoms with E-state index in [2.05, 4.69) is 20.8 Å². The Morgan fingerprint density at radius 1 is 1.42 bits per heavy atom. The average molecular weight is 234 g/mol. The molecule has 1 saturated heterocycles. The summed E-state index contributed by atoms with van der Waals surface area (Å²) >= 11 is 3.46. The molecule has 0 saturated carbocycles. The average Bonchev–Trinajstić information content (AvgIpc) is 2.09. The Morgan fingerprint density at radius 2 is 2.08 bits per heavy atom. The molecule has 0 bridgehead atoms. The first kappa shape index (κ1) is 10.2. The number of alkyl halides is 1. The highest BCUT2D eigenvalue weighted by Gasteiger charge is 2.17. The van der Waals surface area contributed by atoms with E-state index >= 15 is 0 Å².